The summed E-state index contributed by atoms with van der Waals surface area (Å²) in [6, 6.07) is 22.8. The van der Waals surface area contributed by atoms with E-state index in [0.29, 0.717) is 18.5 Å². The fourth-order valence-corrected chi connectivity index (χ4v) is 5.65. The molecule has 0 saturated carbocycles. The lowest BCUT2D eigenvalue weighted by atomic mass is 9.95. The largest absolute Gasteiger partial charge is 0.489 e. The van der Waals surface area contributed by atoms with Crippen molar-refractivity contribution in [3.05, 3.63) is 124 Å². The van der Waals surface area contributed by atoms with Crippen LogP contribution in [-0.4, -0.2) is 28.6 Å². The lowest BCUT2D eigenvalue weighted by Gasteiger charge is -2.33. The third-order valence-corrected chi connectivity index (χ3v) is 8.02. The van der Waals surface area contributed by atoms with Crippen LogP contribution in [0.15, 0.2) is 84.9 Å². The molecule has 1 atom stereocenters. The van der Waals surface area contributed by atoms with Gasteiger partial charge in [0.05, 0.1) is 5.56 Å². The highest BCUT2D eigenvalue weighted by Crippen LogP contribution is 2.38. The number of halogens is 4. The van der Waals surface area contributed by atoms with Gasteiger partial charge in [0.15, 0.2) is 0 Å². The zero-order valence-electron chi connectivity index (χ0n) is 24.3. The van der Waals surface area contributed by atoms with Gasteiger partial charge >= 0.3 is 12.1 Å². The molecule has 0 spiro atoms. The van der Waals surface area contributed by atoms with Gasteiger partial charge in [-0.1, -0.05) is 79.2 Å². The van der Waals surface area contributed by atoms with Gasteiger partial charge in [-0.2, -0.15) is 13.2 Å². The van der Waals surface area contributed by atoms with Gasteiger partial charge < -0.3 is 9.84 Å². The number of carboxylic acid groups (broad SMARTS) is 1. The summed E-state index contributed by atoms with van der Waals surface area (Å²) >= 11 is 0. The van der Waals surface area contributed by atoms with Crippen LogP contribution < -0.4 is 4.74 Å². The molecule has 1 aliphatic rings. The molecule has 1 heterocycles. The monoisotopic (exact) mass is 603 g/mol. The minimum Gasteiger partial charge on any atom is -0.489 e. The van der Waals surface area contributed by atoms with E-state index in [1.165, 1.54) is 24.3 Å². The van der Waals surface area contributed by atoms with Crippen molar-refractivity contribution in [2.45, 2.75) is 51.6 Å². The molecule has 8 heteroatoms. The second-order valence-corrected chi connectivity index (χ2v) is 11.0. The summed E-state index contributed by atoms with van der Waals surface area (Å²) in [5.74, 6) is -1.19. The number of benzene rings is 4. The van der Waals surface area contributed by atoms with Crippen molar-refractivity contribution >= 4 is 18.1 Å². The predicted octanol–water partition coefficient (Wildman–Crippen LogP) is 9.01. The number of rotatable bonds is 9. The fourth-order valence-electron chi connectivity index (χ4n) is 5.65. The number of nitrogens with zero attached hydrogens (tertiary/aromatic N) is 1. The third-order valence-electron chi connectivity index (χ3n) is 8.02. The van der Waals surface area contributed by atoms with E-state index in [1.54, 1.807) is 23.1 Å². The van der Waals surface area contributed by atoms with Gasteiger partial charge in [-0.3, -0.25) is 9.69 Å². The number of aliphatic carboxylic acids is 1. The van der Waals surface area contributed by atoms with Crippen LogP contribution in [0.1, 0.15) is 52.6 Å². The SMILES string of the molecule is Cc1c(/C=C/c2cc(OCc3ccc(F)cc3)c(CN3CCCC[C@H]3C(=O)O)cc2C(F)(F)F)cccc1-c1ccccc1. The van der Waals surface area contributed by atoms with E-state index in [0.717, 1.165) is 41.2 Å². The molecule has 0 unspecified atom stereocenters. The highest BCUT2D eigenvalue weighted by Gasteiger charge is 2.35. The number of piperidine rings is 1. The topological polar surface area (TPSA) is 49.8 Å². The van der Waals surface area contributed by atoms with Crippen LogP contribution >= 0.6 is 0 Å². The van der Waals surface area contributed by atoms with Gasteiger partial charge in [0.25, 0.3) is 0 Å². The van der Waals surface area contributed by atoms with Crippen LogP contribution in [-0.2, 0) is 24.1 Å². The highest BCUT2D eigenvalue weighted by atomic mass is 19.4. The van der Waals surface area contributed by atoms with Gasteiger partial charge in [0.1, 0.15) is 24.2 Å². The summed E-state index contributed by atoms with van der Waals surface area (Å²) < 4.78 is 63.0. The Morgan fingerprint density at radius 3 is 2.39 bits per heavy atom. The summed E-state index contributed by atoms with van der Waals surface area (Å²) in [6.45, 7) is 2.38. The van der Waals surface area contributed by atoms with Crippen LogP contribution in [0.5, 0.6) is 5.75 Å². The average Bonchev–Trinajstić information content (AvgIpc) is 3.01. The van der Waals surface area contributed by atoms with Crippen molar-refractivity contribution in [2.24, 2.45) is 0 Å². The summed E-state index contributed by atoms with van der Waals surface area (Å²) in [7, 11) is 0. The van der Waals surface area contributed by atoms with Gasteiger partial charge in [-0.05, 0) is 84.0 Å². The summed E-state index contributed by atoms with van der Waals surface area (Å²) in [5, 5.41) is 9.76. The Labute approximate surface area is 254 Å². The Bertz CT molecular complexity index is 1630. The van der Waals surface area contributed by atoms with E-state index in [-0.39, 0.29) is 30.0 Å². The van der Waals surface area contributed by atoms with Crippen LogP contribution in [0.3, 0.4) is 0 Å². The maximum absolute atomic E-state index is 14.5. The first-order valence-corrected chi connectivity index (χ1v) is 14.5. The first kappa shape index (κ1) is 31.0. The predicted molar refractivity (Wildman–Crippen MR) is 163 cm³/mol. The minimum atomic E-state index is -4.67. The first-order valence-electron chi connectivity index (χ1n) is 14.5. The van der Waals surface area contributed by atoms with Gasteiger partial charge in [-0.15, -0.1) is 0 Å². The van der Waals surface area contributed by atoms with Gasteiger partial charge in [0.2, 0.25) is 0 Å². The van der Waals surface area contributed by atoms with E-state index in [1.807, 2.05) is 55.5 Å². The molecule has 1 N–H and O–H groups in total. The molecule has 0 aliphatic carbocycles. The van der Waals surface area contributed by atoms with Crippen molar-refractivity contribution in [3.63, 3.8) is 0 Å². The van der Waals surface area contributed by atoms with E-state index in [2.05, 4.69) is 0 Å². The van der Waals surface area contributed by atoms with E-state index < -0.39 is 29.6 Å². The number of alkyl halides is 3. The Kier molecular flexibility index (Phi) is 9.49. The van der Waals surface area contributed by atoms with E-state index in [9.17, 15) is 27.5 Å². The summed E-state index contributed by atoms with van der Waals surface area (Å²) in [4.78, 5) is 13.6. The molecule has 1 fully saturated rings. The van der Waals surface area contributed by atoms with Gasteiger partial charge in [0, 0.05) is 12.1 Å². The van der Waals surface area contributed by atoms with Crippen LogP contribution in [0.2, 0.25) is 0 Å². The molecule has 4 aromatic carbocycles. The molecular formula is C36H33F4NO3. The van der Waals surface area contributed by atoms with Crippen LogP contribution in [0, 0.1) is 12.7 Å². The fraction of sp³-hybridized carbons (Fsp3) is 0.250. The summed E-state index contributed by atoms with van der Waals surface area (Å²) in [6.07, 6.45) is 0.359. The second-order valence-electron chi connectivity index (χ2n) is 11.0. The Morgan fingerprint density at radius 2 is 1.68 bits per heavy atom. The first-order chi connectivity index (χ1) is 21.1. The van der Waals surface area contributed by atoms with Crippen molar-refractivity contribution in [1.29, 1.82) is 0 Å². The maximum Gasteiger partial charge on any atom is 0.417 e. The molecule has 0 aromatic heterocycles. The third kappa shape index (κ3) is 7.37. The zero-order valence-corrected chi connectivity index (χ0v) is 24.3. The quantitative estimate of drug-likeness (QED) is 0.153. The molecule has 228 valence electrons. The summed E-state index contributed by atoms with van der Waals surface area (Å²) in [5.41, 5.74) is 3.67. The Balaban J connectivity index is 1.55. The molecule has 0 radical (unpaired) electrons. The van der Waals surface area contributed by atoms with Crippen molar-refractivity contribution in [1.82, 2.24) is 4.90 Å². The smallest absolute Gasteiger partial charge is 0.417 e. The number of likely N-dealkylation sites (tertiary alicyclic amines) is 1. The maximum atomic E-state index is 14.5. The zero-order chi connectivity index (χ0) is 31.3. The van der Waals surface area contributed by atoms with Crippen molar-refractivity contribution in [3.8, 4) is 16.9 Å². The van der Waals surface area contributed by atoms with Gasteiger partial charge in [-0.25, -0.2) is 4.39 Å². The molecular weight excluding hydrogens is 570 g/mol. The molecule has 4 nitrogen and oxygen atoms in total. The Hall–Kier alpha value is -4.43. The van der Waals surface area contributed by atoms with Crippen LogP contribution in [0.4, 0.5) is 17.6 Å². The normalized spacial score (nSPS) is 15.9. The van der Waals surface area contributed by atoms with E-state index in [4.69, 9.17) is 4.74 Å². The number of carbonyl (C=O) groups is 1. The molecule has 5 rings (SSSR count). The van der Waals surface area contributed by atoms with E-state index >= 15 is 0 Å². The minimum absolute atomic E-state index is 0.00237. The van der Waals surface area contributed by atoms with Crippen molar-refractivity contribution < 1.29 is 32.2 Å². The molecule has 4 aromatic rings. The molecule has 1 saturated heterocycles. The molecule has 44 heavy (non-hydrogen) atoms. The van der Waals surface area contributed by atoms with Crippen LogP contribution in [0.25, 0.3) is 23.3 Å². The average molecular weight is 604 g/mol. The number of carboxylic acids is 1. The number of ether oxygens (including phenoxy) is 1. The lowest BCUT2D eigenvalue weighted by Crippen LogP contribution is -2.44. The number of hydrogen-bond donors (Lipinski definition) is 1. The number of hydrogen-bond acceptors (Lipinski definition) is 3. The Morgan fingerprint density at radius 1 is 0.955 bits per heavy atom. The van der Waals surface area contributed by atoms with Crippen molar-refractivity contribution in [2.75, 3.05) is 6.54 Å². The lowest BCUT2D eigenvalue weighted by molar-refractivity contribution is -0.145. The standard InChI is InChI=1S/C36H33F4NO3/c1-24-26(10-7-11-31(24)27-8-3-2-4-9-27)15-16-28-21-34(44-23-25-13-17-30(37)18-14-25)29(20-32(28)36(38,39)40)22-41-19-6-5-12-33(41)35(42)43/h2-4,7-11,13-18,20-21,33H,5-6,12,19,22-23H2,1H3,(H,42,43)/b16-15+/t33-/m0/s1. The molecule has 0 amide bonds. The molecule has 0 bridgehead atoms. The second kappa shape index (κ2) is 13.5. The highest BCUT2D eigenvalue weighted by molar-refractivity contribution is 5.78. The molecule has 1 aliphatic heterocycles.